The first kappa shape index (κ1) is 13.7. The zero-order valence-electron chi connectivity index (χ0n) is 10.8. The number of benzene rings is 1. The van der Waals surface area contributed by atoms with Crippen LogP contribution in [0.2, 0.25) is 0 Å². The molecule has 0 unspecified atom stereocenters. The van der Waals surface area contributed by atoms with E-state index in [2.05, 4.69) is 29.4 Å². The lowest BCUT2D eigenvalue weighted by Gasteiger charge is -2.06. The van der Waals surface area contributed by atoms with Crippen molar-refractivity contribution in [1.82, 2.24) is 10.3 Å². The van der Waals surface area contributed by atoms with E-state index in [4.69, 9.17) is 5.73 Å². The molecule has 100 valence electrons. The van der Waals surface area contributed by atoms with Crippen molar-refractivity contribution in [3.05, 3.63) is 51.5 Å². The van der Waals surface area contributed by atoms with Gasteiger partial charge in [-0.05, 0) is 24.5 Å². The first-order valence-electron chi connectivity index (χ1n) is 6.18. The summed E-state index contributed by atoms with van der Waals surface area (Å²) < 4.78 is 0. The van der Waals surface area contributed by atoms with E-state index >= 15 is 0 Å². The van der Waals surface area contributed by atoms with E-state index in [-0.39, 0.29) is 5.91 Å². The number of carbonyl (C=O) groups excluding carboxylic acids is 1. The Balaban J connectivity index is 1.86. The molecular formula is C14H17N3OS. The van der Waals surface area contributed by atoms with E-state index in [1.165, 1.54) is 22.5 Å². The second kappa shape index (κ2) is 6.45. The number of nitrogens with one attached hydrogen (secondary N) is 1. The van der Waals surface area contributed by atoms with Gasteiger partial charge in [0.1, 0.15) is 10.7 Å². The van der Waals surface area contributed by atoms with Gasteiger partial charge in [0.05, 0.1) is 0 Å². The topological polar surface area (TPSA) is 68.0 Å². The minimum atomic E-state index is -0.135. The third-order valence-electron chi connectivity index (χ3n) is 2.90. The molecule has 1 aromatic heterocycles. The quantitative estimate of drug-likeness (QED) is 0.875. The van der Waals surface area contributed by atoms with E-state index in [9.17, 15) is 4.79 Å². The highest BCUT2D eigenvalue weighted by molar-refractivity contribution is 7.09. The van der Waals surface area contributed by atoms with Gasteiger partial charge in [0, 0.05) is 18.5 Å². The molecule has 0 radical (unpaired) electrons. The van der Waals surface area contributed by atoms with Gasteiger partial charge in [-0.25, -0.2) is 4.98 Å². The van der Waals surface area contributed by atoms with E-state index in [0.717, 1.165) is 11.4 Å². The van der Waals surface area contributed by atoms with Crippen LogP contribution in [0.25, 0.3) is 0 Å². The number of aryl methyl sites for hydroxylation is 1. The summed E-state index contributed by atoms with van der Waals surface area (Å²) in [5.41, 5.74) is 8.43. The molecule has 0 spiro atoms. The molecule has 3 N–H and O–H groups in total. The molecule has 19 heavy (non-hydrogen) atoms. The summed E-state index contributed by atoms with van der Waals surface area (Å²) >= 11 is 1.41. The van der Waals surface area contributed by atoms with E-state index in [1.807, 2.05) is 12.1 Å². The molecule has 2 aromatic rings. The van der Waals surface area contributed by atoms with Gasteiger partial charge >= 0.3 is 0 Å². The fourth-order valence-corrected chi connectivity index (χ4v) is 2.46. The Morgan fingerprint density at radius 3 is 2.89 bits per heavy atom. The van der Waals surface area contributed by atoms with Crippen LogP contribution in [-0.2, 0) is 13.0 Å². The molecule has 0 fully saturated rings. The number of aromatic nitrogens is 1. The molecule has 5 heteroatoms. The summed E-state index contributed by atoms with van der Waals surface area (Å²) in [5.74, 6) is -0.135. The van der Waals surface area contributed by atoms with Gasteiger partial charge < -0.3 is 11.1 Å². The molecule has 2 rings (SSSR count). The molecule has 0 aliphatic heterocycles. The summed E-state index contributed by atoms with van der Waals surface area (Å²) in [7, 11) is 0. The maximum absolute atomic E-state index is 11.8. The number of nitrogens with two attached hydrogens (primary N) is 1. The molecule has 0 saturated heterocycles. The molecular weight excluding hydrogens is 258 g/mol. The fraction of sp³-hybridized carbons (Fsp3) is 0.286. The molecule has 4 nitrogen and oxygen atoms in total. The number of thiazole rings is 1. The van der Waals surface area contributed by atoms with Gasteiger partial charge in [-0.15, -0.1) is 11.3 Å². The van der Waals surface area contributed by atoms with Crippen LogP contribution < -0.4 is 11.1 Å². The zero-order chi connectivity index (χ0) is 13.7. The predicted octanol–water partition coefficient (Wildman–Crippen LogP) is 1.88. The van der Waals surface area contributed by atoms with E-state index < -0.39 is 0 Å². The number of nitrogens with zero attached hydrogens (tertiary/aromatic N) is 1. The Morgan fingerprint density at radius 1 is 1.42 bits per heavy atom. The lowest BCUT2D eigenvalue weighted by Crippen LogP contribution is -2.26. The Labute approximate surface area is 116 Å². The summed E-state index contributed by atoms with van der Waals surface area (Å²) in [6.07, 6.45) is 0.826. The molecule has 0 aliphatic carbocycles. The average Bonchev–Trinajstić information content (AvgIpc) is 2.90. The molecule has 1 amide bonds. The van der Waals surface area contributed by atoms with Crippen LogP contribution in [0.4, 0.5) is 0 Å². The minimum Gasteiger partial charge on any atom is -0.350 e. The van der Waals surface area contributed by atoms with Gasteiger partial charge in [0.2, 0.25) is 0 Å². The van der Waals surface area contributed by atoms with Crippen LogP contribution in [0, 0.1) is 6.92 Å². The van der Waals surface area contributed by atoms with Crippen LogP contribution in [0.1, 0.15) is 26.6 Å². The van der Waals surface area contributed by atoms with Crippen molar-refractivity contribution < 1.29 is 4.79 Å². The third-order valence-corrected chi connectivity index (χ3v) is 3.77. The van der Waals surface area contributed by atoms with Crippen molar-refractivity contribution in [3.63, 3.8) is 0 Å². The van der Waals surface area contributed by atoms with Gasteiger partial charge in [-0.3, -0.25) is 4.79 Å². The first-order chi connectivity index (χ1) is 9.20. The number of rotatable bonds is 5. The number of hydrogen-bond donors (Lipinski definition) is 2. The van der Waals surface area contributed by atoms with Crippen molar-refractivity contribution in [2.24, 2.45) is 5.73 Å². The third kappa shape index (κ3) is 3.62. The van der Waals surface area contributed by atoms with Gasteiger partial charge in [-0.1, -0.05) is 24.3 Å². The van der Waals surface area contributed by atoms with Crippen LogP contribution in [0.5, 0.6) is 0 Å². The maximum atomic E-state index is 11.8. The van der Waals surface area contributed by atoms with Gasteiger partial charge in [0.15, 0.2) is 0 Å². The largest absolute Gasteiger partial charge is 0.350 e. The Morgan fingerprint density at radius 2 is 2.21 bits per heavy atom. The lowest BCUT2D eigenvalue weighted by molar-refractivity contribution is 0.0949. The Bertz CT molecular complexity index is 565. The van der Waals surface area contributed by atoms with Crippen LogP contribution in [-0.4, -0.2) is 17.4 Å². The fourth-order valence-electron chi connectivity index (χ4n) is 1.80. The summed E-state index contributed by atoms with van der Waals surface area (Å²) in [5, 5.41) is 5.40. The summed E-state index contributed by atoms with van der Waals surface area (Å²) in [6, 6.07) is 8.18. The number of carbonyl (C=O) groups is 1. The van der Waals surface area contributed by atoms with Crippen molar-refractivity contribution in [3.8, 4) is 0 Å². The van der Waals surface area contributed by atoms with Gasteiger partial charge in [0.25, 0.3) is 5.91 Å². The first-order valence-corrected chi connectivity index (χ1v) is 7.06. The second-order valence-corrected chi connectivity index (χ2v) is 5.21. The van der Waals surface area contributed by atoms with Crippen LogP contribution in [0.3, 0.4) is 0 Å². The van der Waals surface area contributed by atoms with Crippen LogP contribution >= 0.6 is 11.3 Å². The standard InChI is InChI=1S/C14H17N3OS/c1-10-4-2-3-5-11(10)6-7-16-14(18)12-9-19-13(8-15)17-12/h2-5,9H,6-8,15H2,1H3,(H,16,18). The Hall–Kier alpha value is -1.72. The lowest BCUT2D eigenvalue weighted by atomic mass is 10.1. The maximum Gasteiger partial charge on any atom is 0.270 e. The normalized spacial score (nSPS) is 10.4. The number of hydrogen-bond acceptors (Lipinski definition) is 4. The minimum absolute atomic E-state index is 0.135. The molecule has 0 bridgehead atoms. The van der Waals surface area contributed by atoms with Crippen molar-refractivity contribution in [2.45, 2.75) is 19.9 Å². The van der Waals surface area contributed by atoms with Crippen LogP contribution in [0.15, 0.2) is 29.6 Å². The van der Waals surface area contributed by atoms with Crippen molar-refractivity contribution in [2.75, 3.05) is 6.54 Å². The molecule has 0 atom stereocenters. The SMILES string of the molecule is Cc1ccccc1CCNC(=O)c1csc(CN)n1. The summed E-state index contributed by atoms with van der Waals surface area (Å²) in [6.45, 7) is 3.06. The molecule has 1 aromatic carbocycles. The molecule has 0 saturated carbocycles. The van der Waals surface area contributed by atoms with E-state index in [0.29, 0.717) is 18.8 Å². The predicted molar refractivity (Wildman–Crippen MR) is 77.2 cm³/mol. The summed E-state index contributed by atoms with van der Waals surface area (Å²) in [4.78, 5) is 16.0. The zero-order valence-corrected chi connectivity index (χ0v) is 11.7. The van der Waals surface area contributed by atoms with Crippen molar-refractivity contribution in [1.29, 1.82) is 0 Å². The highest BCUT2D eigenvalue weighted by atomic mass is 32.1. The second-order valence-electron chi connectivity index (χ2n) is 4.26. The average molecular weight is 275 g/mol. The highest BCUT2D eigenvalue weighted by Gasteiger charge is 2.09. The van der Waals surface area contributed by atoms with E-state index in [1.54, 1.807) is 5.38 Å². The monoisotopic (exact) mass is 275 g/mol. The highest BCUT2D eigenvalue weighted by Crippen LogP contribution is 2.09. The number of amides is 1. The smallest absolute Gasteiger partial charge is 0.270 e. The van der Waals surface area contributed by atoms with Crippen molar-refractivity contribution >= 4 is 17.2 Å². The molecule has 1 heterocycles. The van der Waals surface area contributed by atoms with Gasteiger partial charge in [-0.2, -0.15) is 0 Å². The molecule has 0 aliphatic rings. The Kier molecular flexibility index (Phi) is 4.65.